The van der Waals surface area contributed by atoms with Crippen LogP contribution < -0.4 is 0 Å². The zero-order valence-corrected chi connectivity index (χ0v) is 9.80. The number of hydrogen-bond acceptors (Lipinski definition) is 2. The first-order valence-electron chi connectivity index (χ1n) is 4.94. The second-order valence-corrected chi connectivity index (χ2v) is 4.62. The number of rotatable bonds is 4. The third kappa shape index (κ3) is 2.84. The van der Waals surface area contributed by atoms with Crippen LogP contribution in [0.2, 0.25) is 0 Å². The van der Waals surface area contributed by atoms with Gasteiger partial charge in [-0.3, -0.25) is 4.79 Å². The van der Waals surface area contributed by atoms with Crippen molar-refractivity contribution in [3.05, 3.63) is 22.4 Å². The maximum absolute atomic E-state index is 11.8. The van der Waals surface area contributed by atoms with E-state index in [1.165, 1.54) is 11.3 Å². The largest absolute Gasteiger partial charge is 0.341 e. The molecule has 1 aromatic rings. The van der Waals surface area contributed by atoms with E-state index in [-0.39, 0.29) is 5.91 Å². The molecule has 0 spiro atoms. The van der Waals surface area contributed by atoms with Gasteiger partial charge >= 0.3 is 0 Å². The fraction of sp³-hybridized carbons (Fsp3) is 0.545. The molecule has 1 amide bonds. The molecule has 0 aliphatic heterocycles. The summed E-state index contributed by atoms with van der Waals surface area (Å²) in [4.78, 5) is 14.4. The van der Waals surface area contributed by atoms with Gasteiger partial charge in [-0.05, 0) is 17.4 Å². The minimum absolute atomic E-state index is 0.139. The molecule has 1 heterocycles. The highest BCUT2D eigenvalue weighted by Gasteiger charge is 2.13. The Labute approximate surface area is 89.5 Å². The van der Waals surface area contributed by atoms with Crippen LogP contribution in [0.3, 0.4) is 0 Å². The lowest BCUT2D eigenvalue weighted by Gasteiger charge is -2.19. The molecule has 0 fully saturated rings. The zero-order valence-electron chi connectivity index (χ0n) is 8.99. The van der Waals surface area contributed by atoms with Gasteiger partial charge in [0.2, 0.25) is 0 Å². The van der Waals surface area contributed by atoms with Crippen LogP contribution in [-0.2, 0) is 0 Å². The number of amides is 1. The monoisotopic (exact) mass is 211 g/mol. The average molecular weight is 211 g/mol. The van der Waals surface area contributed by atoms with Gasteiger partial charge in [-0.1, -0.05) is 26.3 Å². The van der Waals surface area contributed by atoms with Crippen molar-refractivity contribution >= 4 is 17.2 Å². The van der Waals surface area contributed by atoms with Crippen molar-refractivity contribution in [2.75, 3.05) is 13.6 Å². The van der Waals surface area contributed by atoms with Crippen molar-refractivity contribution in [2.24, 2.45) is 5.92 Å². The van der Waals surface area contributed by atoms with E-state index in [1.807, 2.05) is 24.6 Å². The normalized spacial score (nSPS) is 12.5. The van der Waals surface area contributed by atoms with Gasteiger partial charge < -0.3 is 4.90 Å². The minimum atomic E-state index is 0.139. The minimum Gasteiger partial charge on any atom is -0.341 e. The third-order valence-corrected chi connectivity index (χ3v) is 3.22. The Bertz CT molecular complexity index is 281. The van der Waals surface area contributed by atoms with E-state index in [1.54, 1.807) is 4.90 Å². The average Bonchev–Trinajstić information content (AvgIpc) is 2.69. The van der Waals surface area contributed by atoms with Gasteiger partial charge in [0.1, 0.15) is 0 Å². The summed E-state index contributed by atoms with van der Waals surface area (Å²) in [6, 6.07) is 3.79. The second-order valence-electron chi connectivity index (χ2n) is 3.68. The fourth-order valence-electron chi connectivity index (χ4n) is 1.27. The molecular formula is C11H17NOS. The van der Waals surface area contributed by atoms with E-state index >= 15 is 0 Å². The Morgan fingerprint density at radius 3 is 2.86 bits per heavy atom. The van der Waals surface area contributed by atoms with Crippen LogP contribution in [-0.4, -0.2) is 24.4 Å². The van der Waals surface area contributed by atoms with Crippen molar-refractivity contribution in [1.82, 2.24) is 4.90 Å². The Morgan fingerprint density at radius 1 is 1.64 bits per heavy atom. The molecule has 14 heavy (non-hydrogen) atoms. The van der Waals surface area contributed by atoms with Gasteiger partial charge in [0.05, 0.1) is 4.88 Å². The quantitative estimate of drug-likeness (QED) is 0.750. The van der Waals surface area contributed by atoms with E-state index in [4.69, 9.17) is 0 Å². The van der Waals surface area contributed by atoms with Crippen LogP contribution >= 0.6 is 11.3 Å². The Kier molecular flexibility index (Phi) is 4.14. The van der Waals surface area contributed by atoms with Crippen LogP contribution in [0.25, 0.3) is 0 Å². The van der Waals surface area contributed by atoms with E-state index in [9.17, 15) is 4.79 Å². The Balaban J connectivity index is 2.53. The van der Waals surface area contributed by atoms with Gasteiger partial charge in [-0.2, -0.15) is 0 Å². The van der Waals surface area contributed by atoms with Crippen molar-refractivity contribution in [2.45, 2.75) is 20.3 Å². The molecule has 0 radical (unpaired) electrons. The summed E-state index contributed by atoms with van der Waals surface area (Å²) < 4.78 is 0. The molecule has 0 bridgehead atoms. The van der Waals surface area contributed by atoms with Crippen LogP contribution in [0.15, 0.2) is 17.5 Å². The maximum atomic E-state index is 11.8. The van der Waals surface area contributed by atoms with Crippen LogP contribution in [0.4, 0.5) is 0 Å². The number of carbonyl (C=O) groups is 1. The molecule has 78 valence electrons. The predicted molar refractivity (Wildman–Crippen MR) is 60.7 cm³/mol. The molecule has 0 aliphatic carbocycles. The summed E-state index contributed by atoms with van der Waals surface area (Å²) in [7, 11) is 1.87. The van der Waals surface area contributed by atoms with Crippen LogP contribution in [0, 0.1) is 5.92 Å². The number of carbonyl (C=O) groups excluding carboxylic acids is 1. The Morgan fingerprint density at radius 2 is 2.36 bits per heavy atom. The van der Waals surface area contributed by atoms with Crippen LogP contribution in [0.5, 0.6) is 0 Å². The Hall–Kier alpha value is -0.830. The molecule has 0 saturated carbocycles. The smallest absolute Gasteiger partial charge is 0.263 e. The highest BCUT2D eigenvalue weighted by molar-refractivity contribution is 7.12. The maximum Gasteiger partial charge on any atom is 0.263 e. The third-order valence-electron chi connectivity index (χ3n) is 2.36. The summed E-state index contributed by atoms with van der Waals surface area (Å²) >= 11 is 1.50. The first kappa shape index (κ1) is 11.2. The van der Waals surface area contributed by atoms with Crippen molar-refractivity contribution in [3.8, 4) is 0 Å². The second kappa shape index (κ2) is 5.15. The van der Waals surface area contributed by atoms with Gasteiger partial charge in [-0.15, -0.1) is 11.3 Å². The molecule has 0 saturated heterocycles. The molecule has 1 atom stereocenters. The summed E-state index contributed by atoms with van der Waals surface area (Å²) in [6.07, 6.45) is 1.11. The van der Waals surface area contributed by atoms with E-state index < -0.39 is 0 Å². The lowest BCUT2D eigenvalue weighted by molar-refractivity contribution is 0.0779. The SMILES string of the molecule is CCC(C)CN(C)C(=O)c1cccs1. The summed E-state index contributed by atoms with van der Waals surface area (Å²) in [6.45, 7) is 5.15. The van der Waals surface area contributed by atoms with E-state index in [0.717, 1.165) is 17.8 Å². The summed E-state index contributed by atoms with van der Waals surface area (Å²) in [5, 5.41) is 1.93. The molecule has 3 heteroatoms. The van der Waals surface area contributed by atoms with Gasteiger partial charge in [0.15, 0.2) is 0 Å². The molecule has 1 aromatic heterocycles. The number of hydrogen-bond donors (Lipinski definition) is 0. The van der Waals surface area contributed by atoms with Gasteiger partial charge in [-0.25, -0.2) is 0 Å². The molecule has 1 rings (SSSR count). The lowest BCUT2D eigenvalue weighted by atomic mass is 10.1. The molecule has 2 nitrogen and oxygen atoms in total. The van der Waals surface area contributed by atoms with Crippen molar-refractivity contribution in [1.29, 1.82) is 0 Å². The van der Waals surface area contributed by atoms with Gasteiger partial charge in [0, 0.05) is 13.6 Å². The van der Waals surface area contributed by atoms with Crippen molar-refractivity contribution < 1.29 is 4.79 Å². The topological polar surface area (TPSA) is 20.3 Å². The highest BCUT2D eigenvalue weighted by Crippen LogP contribution is 2.12. The summed E-state index contributed by atoms with van der Waals surface area (Å²) in [5.74, 6) is 0.712. The summed E-state index contributed by atoms with van der Waals surface area (Å²) in [5.41, 5.74) is 0. The molecule has 0 N–H and O–H groups in total. The highest BCUT2D eigenvalue weighted by atomic mass is 32.1. The van der Waals surface area contributed by atoms with Crippen LogP contribution in [0.1, 0.15) is 29.9 Å². The first-order valence-corrected chi connectivity index (χ1v) is 5.82. The fourth-order valence-corrected chi connectivity index (χ4v) is 1.99. The standard InChI is InChI=1S/C11H17NOS/c1-4-9(2)8-12(3)11(13)10-6-5-7-14-10/h5-7,9H,4,8H2,1-3H3. The van der Waals surface area contributed by atoms with E-state index in [0.29, 0.717) is 5.92 Å². The molecule has 0 aromatic carbocycles. The van der Waals surface area contributed by atoms with E-state index in [2.05, 4.69) is 13.8 Å². The van der Waals surface area contributed by atoms with Crippen molar-refractivity contribution in [3.63, 3.8) is 0 Å². The predicted octanol–water partition coefficient (Wildman–Crippen LogP) is 2.87. The number of nitrogens with zero attached hydrogens (tertiary/aromatic N) is 1. The van der Waals surface area contributed by atoms with Gasteiger partial charge in [0.25, 0.3) is 5.91 Å². The first-order chi connectivity index (χ1) is 6.65. The lowest BCUT2D eigenvalue weighted by Crippen LogP contribution is -2.30. The molecular weight excluding hydrogens is 194 g/mol. The molecule has 1 unspecified atom stereocenters. The zero-order chi connectivity index (χ0) is 10.6. The number of thiophene rings is 1. The molecule has 0 aliphatic rings.